The van der Waals surface area contributed by atoms with Gasteiger partial charge in [0.15, 0.2) is 18.1 Å². The van der Waals surface area contributed by atoms with Gasteiger partial charge in [-0.25, -0.2) is 0 Å². The summed E-state index contributed by atoms with van der Waals surface area (Å²) in [4.78, 5) is 27.0. The molecule has 8 heteroatoms. The van der Waals surface area contributed by atoms with Crippen LogP contribution in [0, 0.1) is 6.92 Å². The van der Waals surface area contributed by atoms with E-state index in [2.05, 4.69) is 5.32 Å². The fraction of sp³-hybridized carbons (Fsp3) is 0.231. The maximum atomic E-state index is 12.8. The molecule has 34 heavy (non-hydrogen) atoms. The van der Waals surface area contributed by atoms with E-state index in [1.807, 2.05) is 31.2 Å². The Morgan fingerprint density at radius 1 is 1.03 bits per heavy atom. The summed E-state index contributed by atoms with van der Waals surface area (Å²) in [5, 5.41) is 2.86. The highest BCUT2D eigenvalue weighted by Crippen LogP contribution is 2.35. The number of amides is 2. The minimum Gasteiger partial charge on any atom is -0.493 e. The predicted molar refractivity (Wildman–Crippen MR) is 128 cm³/mol. The van der Waals surface area contributed by atoms with Gasteiger partial charge in [0.1, 0.15) is 18.1 Å². The molecule has 0 unspecified atom stereocenters. The second-order valence-electron chi connectivity index (χ2n) is 7.71. The molecule has 0 aliphatic carbocycles. The van der Waals surface area contributed by atoms with Crippen molar-refractivity contribution in [2.75, 3.05) is 44.2 Å². The molecule has 3 aromatic rings. The zero-order chi connectivity index (χ0) is 24.1. The number of aryl methyl sites for hydroxylation is 1. The third kappa shape index (κ3) is 5.06. The lowest BCUT2D eigenvalue weighted by molar-refractivity contribution is -0.121. The Hall–Kier alpha value is -4.20. The number of hydrogen-bond donors (Lipinski definition) is 1. The number of methoxy groups -OCH3 is 2. The normalized spacial score (nSPS) is 12.4. The summed E-state index contributed by atoms with van der Waals surface area (Å²) in [7, 11) is 3.04. The van der Waals surface area contributed by atoms with Crippen LogP contribution in [0.1, 0.15) is 15.9 Å². The fourth-order valence-corrected chi connectivity index (χ4v) is 3.67. The Labute approximate surface area is 198 Å². The number of rotatable bonds is 8. The first-order valence-corrected chi connectivity index (χ1v) is 10.8. The molecule has 0 saturated carbocycles. The smallest absolute Gasteiger partial charge is 0.265 e. The maximum Gasteiger partial charge on any atom is 0.265 e. The quantitative estimate of drug-likeness (QED) is 0.543. The van der Waals surface area contributed by atoms with E-state index in [-0.39, 0.29) is 18.4 Å². The molecule has 0 atom stereocenters. The van der Waals surface area contributed by atoms with Crippen LogP contribution in [0.4, 0.5) is 11.4 Å². The Bertz CT molecular complexity index is 1210. The van der Waals surface area contributed by atoms with Crippen LogP contribution < -0.4 is 29.2 Å². The summed E-state index contributed by atoms with van der Waals surface area (Å²) < 4.78 is 21.9. The first kappa shape index (κ1) is 23.0. The molecule has 0 aromatic heterocycles. The van der Waals surface area contributed by atoms with Gasteiger partial charge in [-0.05, 0) is 61.0 Å². The topological polar surface area (TPSA) is 86.3 Å². The van der Waals surface area contributed by atoms with Crippen molar-refractivity contribution >= 4 is 23.2 Å². The Balaban J connectivity index is 1.48. The van der Waals surface area contributed by atoms with Crippen molar-refractivity contribution in [1.29, 1.82) is 0 Å². The number of benzene rings is 3. The van der Waals surface area contributed by atoms with Gasteiger partial charge >= 0.3 is 0 Å². The van der Waals surface area contributed by atoms with Crippen LogP contribution in [-0.4, -0.2) is 45.8 Å². The van der Waals surface area contributed by atoms with Crippen molar-refractivity contribution in [2.24, 2.45) is 0 Å². The van der Waals surface area contributed by atoms with Crippen molar-refractivity contribution < 1.29 is 28.5 Å². The first-order valence-electron chi connectivity index (χ1n) is 10.8. The highest BCUT2D eigenvalue weighted by molar-refractivity contribution is 6.05. The molecule has 1 heterocycles. The van der Waals surface area contributed by atoms with Gasteiger partial charge in [0.25, 0.3) is 11.8 Å². The Kier molecular flexibility index (Phi) is 6.87. The van der Waals surface area contributed by atoms with Crippen LogP contribution in [-0.2, 0) is 4.79 Å². The van der Waals surface area contributed by atoms with Gasteiger partial charge in [0.2, 0.25) is 0 Å². The number of nitrogens with one attached hydrogen (secondary N) is 1. The first-order chi connectivity index (χ1) is 16.5. The molecule has 0 radical (unpaired) electrons. The second-order valence-corrected chi connectivity index (χ2v) is 7.71. The van der Waals surface area contributed by atoms with Gasteiger partial charge in [0.05, 0.1) is 26.5 Å². The van der Waals surface area contributed by atoms with E-state index in [0.29, 0.717) is 47.3 Å². The van der Waals surface area contributed by atoms with Crippen LogP contribution in [0.25, 0.3) is 0 Å². The average molecular weight is 463 g/mol. The Morgan fingerprint density at radius 3 is 2.62 bits per heavy atom. The van der Waals surface area contributed by atoms with E-state index in [9.17, 15) is 9.59 Å². The highest BCUT2D eigenvalue weighted by atomic mass is 16.5. The minimum absolute atomic E-state index is 0.0468. The summed E-state index contributed by atoms with van der Waals surface area (Å²) in [5.74, 6) is 1.81. The van der Waals surface area contributed by atoms with Crippen LogP contribution in [0.2, 0.25) is 0 Å². The van der Waals surface area contributed by atoms with Gasteiger partial charge in [-0.15, -0.1) is 0 Å². The van der Waals surface area contributed by atoms with Crippen molar-refractivity contribution in [3.05, 3.63) is 71.8 Å². The zero-order valence-electron chi connectivity index (χ0n) is 19.3. The van der Waals surface area contributed by atoms with Gasteiger partial charge in [-0.2, -0.15) is 0 Å². The van der Waals surface area contributed by atoms with Crippen LogP contribution in [0.15, 0.2) is 60.7 Å². The fourth-order valence-electron chi connectivity index (χ4n) is 3.67. The van der Waals surface area contributed by atoms with Gasteiger partial charge in [0, 0.05) is 11.3 Å². The van der Waals surface area contributed by atoms with Gasteiger partial charge in [-0.3, -0.25) is 9.59 Å². The summed E-state index contributed by atoms with van der Waals surface area (Å²) in [6.45, 7) is 2.61. The highest BCUT2D eigenvalue weighted by Gasteiger charge is 2.26. The summed E-state index contributed by atoms with van der Waals surface area (Å²) >= 11 is 0. The lowest BCUT2D eigenvalue weighted by atomic mass is 10.1. The maximum absolute atomic E-state index is 12.8. The number of ether oxygens (including phenoxy) is 4. The van der Waals surface area contributed by atoms with E-state index in [1.54, 1.807) is 41.3 Å². The molecular weight excluding hydrogens is 436 g/mol. The molecule has 0 fully saturated rings. The molecule has 1 N–H and O–H groups in total. The number of anilines is 2. The number of hydrogen-bond acceptors (Lipinski definition) is 6. The standard InChI is InChI=1S/C26H26N2O6/c1-17-5-4-6-20(13-17)33-12-11-28-21-15-19(8-10-22(21)34-16-25(28)29)27-26(30)18-7-9-23(31-2)24(14-18)32-3/h4-10,13-15H,11-12,16H2,1-3H3,(H,27,30). The Morgan fingerprint density at radius 2 is 1.85 bits per heavy atom. The summed E-state index contributed by atoms with van der Waals surface area (Å²) in [6, 6.07) is 17.8. The van der Waals surface area contributed by atoms with Crippen molar-refractivity contribution in [2.45, 2.75) is 6.92 Å². The molecule has 0 spiro atoms. The monoisotopic (exact) mass is 462 g/mol. The molecule has 8 nitrogen and oxygen atoms in total. The number of nitrogens with zero attached hydrogens (tertiary/aromatic N) is 1. The largest absolute Gasteiger partial charge is 0.493 e. The van der Waals surface area contributed by atoms with E-state index in [1.165, 1.54) is 14.2 Å². The van der Waals surface area contributed by atoms with Crippen molar-refractivity contribution in [1.82, 2.24) is 0 Å². The third-order valence-electron chi connectivity index (χ3n) is 5.38. The lowest BCUT2D eigenvalue weighted by Gasteiger charge is -2.29. The molecular formula is C26H26N2O6. The van der Waals surface area contributed by atoms with Crippen LogP contribution in [0.3, 0.4) is 0 Å². The summed E-state index contributed by atoms with van der Waals surface area (Å²) in [5.41, 5.74) is 2.61. The number of carbonyl (C=O) groups is 2. The van der Waals surface area contributed by atoms with Crippen molar-refractivity contribution in [3.8, 4) is 23.0 Å². The molecule has 3 aromatic carbocycles. The number of fused-ring (bicyclic) bond motifs is 1. The molecule has 4 rings (SSSR count). The SMILES string of the molecule is COc1ccc(C(=O)Nc2ccc3c(c2)N(CCOc2cccc(C)c2)C(=O)CO3)cc1OC. The van der Waals surface area contributed by atoms with Crippen LogP contribution in [0.5, 0.6) is 23.0 Å². The minimum atomic E-state index is -0.321. The van der Waals surface area contributed by atoms with E-state index < -0.39 is 0 Å². The van der Waals surface area contributed by atoms with Crippen LogP contribution >= 0.6 is 0 Å². The molecule has 1 aliphatic rings. The zero-order valence-corrected chi connectivity index (χ0v) is 19.3. The van der Waals surface area contributed by atoms with E-state index in [4.69, 9.17) is 18.9 Å². The average Bonchev–Trinajstić information content (AvgIpc) is 2.85. The number of carbonyl (C=O) groups excluding carboxylic acids is 2. The van der Waals surface area contributed by atoms with Crippen molar-refractivity contribution in [3.63, 3.8) is 0 Å². The van der Waals surface area contributed by atoms with Gasteiger partial charge < -0.3 is 29.2 Å². The molecule has 2 amide bonds. The predicted octanol–water partition coefficient (Wildman–Crippen LogP) is 4.07. The molecule has 176 valence electrons. The molecule has 0 bridgehead atoms. The molecule has 0 saturated heterocycles. The summed E-state index contributed by atoms with van der Waals surface area (Å²) in [6.07, 6.45) is 0. The van der Waals surface area contributed by atoms with E-state index in [0.717, 1.165) is 11.3 Å². The van der Waals surface area contributed by atoms with E-state index >= 15 is 0 Å². The molecule has 1 aliphatic heterocycles. The van der Waals surface area contributed by atoms with Gasteiger partial charge in [-0.1, -0.05) is 12.1 Å². The third-order valence-corrected chi connectivity index (χ3v) is 5.38. The second kappa shape index (κ2) is 10.2. The lowest BCUT2D eigenvalue weighted by Crippen LogP contribution is -2.41.